The van der Waals surface area contributed by atoms with Crippen molar-refractivity contribution in [3.63, 3.8) is 0 Å². The molecule has 0 unspecified atom stereocenters. The van der Waals surface area contributed by atoms with Gasteiger partial charge in [-0.3, -0.25) is 4.40 Å². The van der Waals surface area contributed by atoms with Gasteiger partial charge in [0.25, 0.3) is 0 Å². The first kappa shape index (κ1) is 36.2. The summed E-state index contributed by atoms with van der Waals surface area (Å²) in [5, 5.41) is 10.1. The molecule has 4 heterocycles. The molecule has 0 amide bonds. The number of para-hydroxylation sites is 4. The van der Waals surface area contributed by atoms with Gasteiger partial charge in [0.15, 0.2) is 5.65 Å². The lowest BCUT2D eigenvalue weighted by atomic mass is 9.91. The van der Waals surface area contributed by atoms with Crippen molar-refractivity contribution < 1.29 is 0 Å². The second-order valence-corrected chi connectivity index (χ2v) is 18.1. The summed E-state index contributed by atoms with van der Waals surface area (Å²) in [7, 11) is 0. The predicted molar refractivity (Wildman–Crippen MR) is 277 cm³/mol. The summed E-state index contributed by atoms with van der Waals surface area (Å²) < 4.78 is 7.27. The predicted octanol–water partition coefficient (Wildman–Crippen LogP) is 16.9. The number of hydrogen-bond donors (Lipinski definition) is 0. The molecule has 10 aromatic carbocycles. The van der Waals surface area contributed by atoms with Gasteiger partial charge in [-0.25, -0.2) is 4.98 Å². The highest BCUT2D eigenvalue weighted by Crippen LogP contribution is 2.44. The summed E-state index contributed by atoms with van der Waals surface area (Å²) >= 11 is 1.86. The van der Waals surface area contributed by atoms with Gasteiger partial charge in [-0.2, -0.15) is 0 Å². The Hall–Kier alpha value is -8.31. The van der Waals surface area contributed by atoms with Gasteiger partial charge in [-0.1, -0.05) is 176 Å². The number of hydrogen-bond acceptors (Lipinski definition) is 2. The largest absolute Gasteiger partial charge is 0.309 e. The van der Waals surface area contributed by atoms with E-state index in [9.17, 15) is 0 Å². The van der Waals surface area contributed by atoms with Crippen molar-refractivity contribution in [3.05, 3.63) is 224 Å². The van der Waals surface area contributed by atoms with Crippen LogP contribution in [-0.4, -0.2) is 14.0 Å². The highest BCUT2D eigenvalue weighted by molar-refractivity contribution is 7.27. The van der Waals surface area contributed by atoms with E-state index in [4.69, 9.17) is 4.98 Å². The molecule has 0 radical (unpaired) electrons. The minimum atomic E-state index is 1.01. The normalized spacial score (nSPS) is 12.0. The van der Waals surface area contributed by atoms with Gasteiger partial charge >= 0.3 is 0 Å². The number of fused-ring (bicyclic) bond motifs is 13. The average Bonchev–Trinajstić information content (AvgIpc) is 4.06. The van der Waals surface area contributed by atoms with Gasteiger partial charge in [0.2, 0.25) is 0 Å². The smallest absolute Gasteiger partial charge is 0.156 e. The van der Waals surface area contributed by atoms with Gasteiger partial charge < -0.3 is 4.57 Å². The van der Waals surface area contributed by atoms with E-state index in [0.29, 0.717) is 0 Å². The van der Waals surface area contributed by atoms with E-state index in [1.54, 1.807) is 0 Å². The van der Waals surface area contributed by atoms with Crippen LogP contribution in [0.1, 0.15) is 0 Å². The fraction of sp³-hybridized carbons (Fsp3) is 0. The van der Waals surface area contributed by atoms with Crippen molar-refractivity contribution >= 4 is 91.5 Å². The maximum atomic E-state index is 5.26. The van der Waals surface area contributed by atoms with E-state index >= 15 is 0 Å². The Labute approximate surface area is 378 Å². The maximum absolute atomic E-state index is 5.26. The van der Waals surface area contributed by atoms with E-state index in [0.717, 1.165) is 27.9 Å². The van der Waals surface area contributed by atoms with Crippen molar-refractivity contribution in [3.8, 4) is 50.3 Å². The summed E-state index contributed by atoms with van der Waals surface area (Å²) in [4.78, 5) is 5.26. The van der Waals surface area contributed by atoms with Crippen LogP contribution in [0, 0.1) is 0 Å². The Morgan fingerprint density at radius 3 is 1.68 bits per heavy atom. The first-order chi connectivity index (χ1) is 32.2. The molecule has 0 aliphatic rings. The van der Waals surface area contributed by atoms with Crippen LogP contribution in [0.2, 0.25) is 0 Å². The molecule has 0 N–H and O–H groups in total. The van der Waals surface area contributed by atoms with E-state index in [-0.39, 0.29) is 0 Å². The van der Waals surface area contributed by atoms with Crippen LogP contribution in [0.4, 0.5) is 0 Å². The summed E-state index contributed by atoms with van der Waals surface area (Å²) in [6, 6.07) is 82.1. The zero-order valence-corrected chi connectivity index (χ0v) is 35.9. The number of pyridine rings is 1. The molecular weight excluding hydrogens is 807 g/mol. The topological polar surface area (TPSA) is 22.2 Å². The third kappa shape index (κ3) is 5.51. The molecule has 14 rings (SSSR count). The molecular formula is C61H37N3S. The fourth-order valence-corrected chi connectivity index (χ4v) is 11.8. The SMILES string of the molecule is c1ccc(-n2c3ccccc3c3cc(-c4ccc(-c5ccc(-c6ccc(-c7cc8c9ccc%10ccccc%10c9sc8c8nc9ccccc9n78)cc6)c6ccccc56)cc4)ccc32)cc1. The van der Waals surface area contributed by atoms with Crippen molar-refractivity contribution in [1.29, 1.82) is 0 Å². The minimum Gasteiger partial charge on any atom is -0.309 e. The van der Waals surface area contributed by atoms with Crippen molar-refractivity contribution in [2.75, 3.05) is 0 Å². The summed E-state index contributed by atoms with van der Waals surface area (Å²) in [5.74, 6) is 0. The molecule has 302 valence electrons. The van der Waals surface area contributed by atoms with Crippen LogP contribution in [0.15, 0.2) is 224 Å². The minimum absolute atomic E-state index is 1.01. The lowest BCUT2D eigenvalue weighted by molar-refractivity contribution is 1.18. The number of imidazole rings is 1. The lowest BCUT2D eigenvalue weighted by Gasteiger charge is -2.14. The van der Waals surface area contributed by atoms with Crippen LogP contribution in [0.25, 0.3) is 131 Å². The molecule has 0 aliphatic carbocycles. The van der Waals surface area contributed by atoms with Crippen molar-refractivity contribution in [1.82, 2.24) is 14.0 Å². The third-order valence-electron chi connectivity index (χ3n) is 13.5. The Morgan fingerprint density at radius 2 is 0.923 bits per heavy atom. The second-order valence-electron chi connectivity index (χ2n) is 17.1. The molecule has 14 aromatic rings. The van der Waals surface area contributed by atoms with Gasteiger partial charge in [-0.05, 0) is 109 Å². The van der Waals surface area contributed by atoms with Crippen LogP contribution < -0.4 is 0 Å². The quantitative estimate of drug-likeness (QED) is 0.169. The first-order valence-corrected chi connectivity index (χ1v) is 23.0. The average molecular weight is 844 g/mol. The molecule has 0 bridgehead atoms. The molecule has 0 fully saturated rings. The monoisotopic (exact) mass is 843 g/mol. The number of nitrogens with zero attached hydrogens (tertiary/aromatic N) is 3. The zero-order chi connectivity index (χ0) is 42.6. The third-order valence-corrected chi connectivity index (χ3v) is 14.8. The molecule has 0 atom stereocenters. The molecule has 65 heavy (non-hydrogen) atoms. The van der Waals surface area contributed by atoms with Crippen LogP contribution in [-0.2, 0) is 0 Å². The van der Waals surface area contributed by atoms with Gasteiger partial charge in [-0.15, -0.1) is 11.3 Å². The Morgan fingerprint density at radius 1 is 0.338 bits per heavy atom. The Balaban J connectivity index is 0.835. The standard InChI is InChI=1S/C61H37N3S/c1-2-13-44(14-3-1)63-55-20-10-8-18-50(55)52-36-43(31-35-56(52)63)38-22-24-40(25-23-38)45-33-34-46(49-17-7-6-16-48(45)49)41-26-28-42(29-27-41)58-37-53-51-32-30-39-12-4-5-15-47(39)59(51)65-60(53)61-62-54-19-9-11-21-57(54)64(58)61/h1-37H. The van der Waals surface area contributed by atoms with Crippen LogP contribution in [0.5, 0.6) is 0 Å². The fourth-order valence-electron chi connectivity index (χ4n) is 10.5. The molecule has 0 saturated heterocycles. The zero-order valence-electron chi connectivity index (χ0n) is 35.1. The van der Waals surface area contributed by atoms with Gasteiger partial charge in [0, 0.05) is 31.9 Å². The highest BCUT2D eigenvalue weighted by Gasteiger charge is 2.20. The van der Waals surface area contributed by atoms with E-state index < -0.39 is 0 Å². The van der Waals surface area contributed by atoms with Crippen LogP contribution in [0.3, 0.4) is 0 Å². The molecule has 0 saturated carbocycles. The molecule has 3 nitrogen and oxygen atoms in total. The summed E-state index contributed by atoms with van der Waals surface area (Å²) in [5.41, 5.74) is 16.3. The van der Waals surface area contributed by atoms with E-state index in [2.05, 4.69) is 233 Å². The Bertz CT molecular complexity index is 4210. The van der Waals surface area contributed by atoms with Gasteiger partial charge in [0.05, 0.1) is 32.5 Å². The van der Waals surface area contributed by atoms with E-state index in [1.165, 1.54) is 103 Å². The van der Waals surface area contributed by atoms with Crippen molar-refractivity contribution in [2.45, 2.75) is 0 Å². The number of rotatable bonds is 5. The molecule has 4 heteroatoms. The molecule has 0 spiro atoms. The number of benzene rings is 10. The van der Waals surface area contributed by atoms with E-state index in [1.807, 2.05) is 11.3 Å². The molecule has 0 aliphatic heterocycles. The number of aromatic nitrogens is 3. The number of thiophene rings is 1. The maximum Gasteiger partial charge on any atom is 0.156 e. The lowest BCUT2D eigenvalue weighted by Crippen LogP contribution is -1.93. The molecule has 4 aromatic heterocycles. The first-order valence-electron chi connectivity index (χ1n) is 22.2. The second kappa shape index (κ2) is 14.1. The Kier molecular flexibility index (Phi) is 7.85. The van der Waals surface area contributed by atoms with Crippen LogP contribution >= 0.6 is 11.3 Å². The summed E-state index contributed by atoms with van der Waals surface area (Å²) in [6.45, 7) is 0. The summed E-state index contributed by atoms with van der Waals surface area (Å²) in [6.07, 6.45) is 0. The van der Waals surface area contributed by atoms with Gasteiger partial charge in [0.1, 0.15) is 0 Å². The highest BCUT2D eigenvalue weighted by atomic mass is 32.1. The van der Waals surface area contributed by atoms with Crippen molar-refractivity contribution in [2.24, 2.45) is 0 Å².